The number of phenols is 1. The van der Waals surface area contributed by atoms with Gasteiger partial charge in [-0.3, -0.25) is 10.1 Å². The number of rotatable bonds is 5. The maximum Gasteiger partial charge on any atom is 0.127 e. The number of aromatic amines is 1. The number of benzene rings is 2. The van der Waals surface area contributed by atoms with Crippen molar-refractivity contribution in [2.45, 2.75) is 19.8 Å². The highest BCUT2D eigenvalue weighted by Gasteiger charge is 2.20. The molecule has 0 bridgehead atoms. The van der Waals surface area contributed by atoms with Crippen molar-refractivity contribution in [2.75, 3.05) is 31.2 Å². The normalized spacial score (nSPS) is 14.1. The molecule has 0 unspecified atom stereocenters. The third-order valence-corrected chi connectivity index (χ3v) is 6.85. The van der Waals surface area contributed by atoms with Crippen molar-refractivity contribution in [3.63, 3.8) is 0 Å². The average molecular weight is 480 g/mol. The van der Waals surface area contributed by atoms with Gasteiger partial charge in [-0.25, -0.2) is 0 Å². The minimum atomic E-state index is 0.212. The van der Waals surface area contributed by atoms with Crippen LogP contribution >= 0.6 is 0 Å². The molecule has 0 aliphatic carbocycles. The van der Waals surface area contributed by atoms with E-state index in [1.165, 1.54) is 5.69 Å². The van der Waals surface area contributed by atoms with Crippen LogP contribution < -0.4 is 4.90 Å². The summed E-state index contributed by atoms with van der Waals surface area (Å²) < 4.78 is 7.70. The van der Waals surface area contributed by atoms with E-state index in [0.717, 1.165) is 71.1 Å². The average Bonchev–Trinajstić information content (AvgIpc) is 3.54. The second kappa shape index (κ2) is 9.17. The van der Waals surface area contributed by atoms with E-state index in [9.17, 15) is 5.11 Å². The van der Waals surface area contributed by atoms with Gasteiger partial charge in [0.15, 0.2) is 0 Å². The van der Waals surface area contributed by atoms with Gasteiger partial charge >= 0.3 is 0 Å². The number of ether oxygens (including phenoxy) is 1. The lowest BCUT2D eigenvalue weighted by molar-refractivity contribution is 0.122. The summed E-state index contributed by atoms with van der Waals surface area (Å²) in [5, 5.41) is 19.7. The Morgan fingerprint density at radius 2 is 1.69 bits per heavy atom. The molecular weight excluding hydrogens is 450 g/mol. The van der Waals surface area contributed by atoms with E-state index in [-0.39, 0.29) is 11.7 Å². The number of nitrogens with zero attached hydrogens (tertiary/aromatic N) is 4. The first-order chi connectivity index (χ1) is 17.6. The fourth-order valence-electron chi connectivity index (χ4n) is 5.02. The molecule has 4 heterocycles. The zero-order chi connectivity index (χ0) is 24.6. The number of nitrogens with one attached hydrogen (secondary N) is 1. The Kier molecular flexibility index (Phi) is 5.70. The number of hydrogen-bond donors (Lipinski definition) is 2. The van der Waals surface area contributed by atoms with Crippen LogP contribution in [0.4, 0.5) is 5.69 Å². The monoisotopic (exact) mass is 479 g/mol. The number of morpholine rings is 1. The van der Waals surface area contributed by atoms with Crippen LogP contribution in [0, 0.1) is 0 Å². The topological polar surface area (TPSA) is 79.2 Å². The van der Waals surface area contributed by atoms with Gasteiger partial charge in [0.1, 0.15) is 5.75 Å². The second-order valence-electron chi connectivity index (χ2n) is 9.48. The fraction of sp³-hybridized carbons (Fsp3) is 0.241. The molecule has 2 aromatic carbocycles. The Morgan fingerprint density at radius 3 is 2.42 bits per heavy atom. The van der Waals surface area contributed by atoms with Gasteiger partial charge in [0.25, 0.3) is 0 Å². The van der Waals surface area contributed by atoms with Crippen LogP contribution in [0.1, 0.15) is 25.5 Å². The van der Waals surface area contributed by atoms with E-state index in [1.54, 1.807) is 12.3 Å². The lowest BCUT2D eigenvalue weighted by Crippen LogP contribution is -2.36. The largest absolute Gasteiger partial charge is 0.507 e. The van der Waals surface area contributed by atoms with Gasteiger partial charge in [0.2, 0.25) is 0 Å². The summed E-state index contributed by atoms with van der Waals surface area (Å²) in [6.07, 6.45) is 3.65. The van der Waals surface area contributed by atoms with Crippen LogP contribution in [0.5, 0.6) is 5.75 Å². The summed E-state index contributed by atoms with van der Waals surface area (Å²) >= 11 is 0. The summed E-state index contributed by atoms with van der Waals surface area (Å²) in [7, 11) is 0. The van der Waals surface area contributed by atoms with Crippen LogP contribution in [0.3, 0.4) is 0 Å². The molecule has 1 fully saturated rings. The first-order valence-electron chi connectivity index (χ1n) is 12.4. The molecular formula is C29H29N5O2. The van der Waals surface area contributed by atoms with Gasteiger partial charge in [-0.2, -0.15) is 5.10 Å². The SMILES string of the molecule is CC(C)c1n[nH]c2cc(O)c(-c3ccc(-c4cccnc4)n3-c3ccc(N4CCOCC4)cc3)cc12. The van der Waals surface area contributed by atoms with E-state index < -0.39 is 0 Å². The lowest BCUT2D eigenvalue weighted by Gasteiger charge is -2.29. The minimum absolute atomic E-state index is 0.212. The lowest BCUT2D eigenvalue weighted by atomic mass is 10.0. The summed E-state index contributed by atoms with van der Waals surface area (Å²) in [5.41, 5.74) is 7.71. The first-order valence-corrected chi connectivity index (χ1v) is 12.4. The van der Waals surface area contributed by atoms with Crippen molar-refractivity contribution in [1.29, 1.82) is 0 Å². The maximum absolute atomic E-state index is 11.1. The highest BCUT2D eigenvalue weighted by molar-refractivity contribution is 5.90. The van der Waals surface area contributed by atoms with Gasteiger partial charge in [0, 0.05) is 59.4 Å². The number of anilines is 1. The molecule has 0 amide bonds. The predicted molar refractivity (Wildman–Crippen MR) is 143 cm³/mol. The molecule has 0 radical (unpaired) electrons. The molecule has 0 atom stereocenters. The summed E-state index contributed by atoms with van der Waals surface area (Å²) in [6.45, 7) is 7.55. The molecule has 2 N–H and O–H groups in total. The highest BCUT2D eigenvalue weighted by atomic mass is 16.5. The van der Waals surface area contributed by atoms with Crippen LogP contribution in [-0.2, 0) is 4.74 Å². The maximum atomic E-state index is 11.1. The van der Waals surface area contributed by atoms with Gasteiger partial charge in [-0.1, -0.05) is 13.8 Å². The summed E-state index contributed by atoms with van der Waals surface area (Å²) in [6, 6.07) is 20.6. The van der Waals surface area contributed by atoms with Crippen molar-refractivity contribution in [3.8, 4) is 34.0 Å². The van der Waals surface area contributed by atoms with Crippen LogP contribution in [-0.4, -0.2) is 51.2 Å². The van der Waals surface area contributed by atoms with Crippen LogP contribution in [0.2, 0.25) is 0 Å². The highest BCUT2D eigenvalue weighted by Crippen LogP contribution is 2.39. The van der Waals surface area contributed by atoms with Crippen molar-refractivity contribution in [3.05, 3.63) is 78.8 Å². The molecule has 1 aliphatic rings. The zero-order valence-electron chi connectivity index (χ0n) is 20.5. The molecule has 5 aromatic rings. The zero-order valence-corrected chi connectivity index (χ0v) is 20.5. The number of phenolic OH excluding ortho intramolecular Hbond substituents is 1. The van der Waals surface area contributed by atoms with Gasteiger partial charge < -0.3 is 19.3 Å². The number of pyridine rings is 1. The third-order valence-electron chi connectivity index (χ3n) is 6.85. The van der Waals surface area contributed by atoms with E-state index >= 15 is 0 Å². The molecule has 0 saturated carbocycles. The van der Waals surface area contributed by atoms with Crippen LogP contribution in [0.15, 0.2) is 73.1 Å². The summed E-state index contributed by atoms with van der Waals surface area (Å²) in [4.78, 5) is 6.69. The standard InChI is InChI=1S/C29H29N5O2/c1-19(2)29-23-16-24(28(35)17-25(23)31-32-29)27-10-9-26(20-4-3-11-30-18-20)34(27)22-7-5-21(6-8-22)33-12-14-36-15-13-33/h3-11,16-19,35H,12-15H2,1-2H3,(H,31,32). The number of H-pyrrole nitrogens is 1. The molecule has 1 aliphatic heterocycles. The smallest absolute Gasteiger partial charge is 0.127 e. The molecule has 36 heavy (non-hydrogen) atoms. The quantitative estimate of drug-likeness (QED) is 0.336. The number of aromatic nitrogens is 4. The van der Waals surface area contributed by atoms with Crippen molar-refractivity contribution < 1.29 is 9.84 Å². The Hall–Kier alpha value is -4.10. The fourth-order valence-corrected chi connectivity index (χ4v) is 5.02. The predicted octanol–water partition coefficient (Wildman–Crippen LogP) is 5.75. The van der Waals surface area contributed by atoms with Crippen molar-refractivity contribution >= 4 is 16.6 Å². The molecule has 7 nitrogen and oxygen atoms in total. The van der Waals surface area contributed by atoms with E-state index in [2.05, 4.69) is 81.0 Å². The Balaban J connectivity index is 1.51. The molecule has 3 aromatic heterocycles. The van der Waals surface area contributed by atoms with E-state index in [4.69, 9.17) is 4.74 Å². The first kappa shape index (κ1) is 22.4. The van der Waals surface area contributed by atoms with Gasteiger partial charge in [-0.05, 0) is 60.5 Å². The summed E-state index contributed by atoms with van der Waals surface area (Å²) in [5.74, 6) is 0.477. The molecule has 7 heteroatoms. The Morgan fingerprint density at radius 1 is 0.944 bits per heavy atom. The number of aromatic hydroxyl groups is 1. The van der Waals surface area contributed by atoms with E-state index in [1.807, 2.05) is 18.3 Å². The van der Waals surface area contributed by atoms with Crippen LogP contribution in [0.25, 0.3) is 39.1 Å². The second-order valence-corrected chi connectivity index (χ2v) is 9.48. The Labute approximate surface area is 210 Å². The molecule has 6 rings (SSSR count). The number of hydrogen-bond acceptors (Lipinski definition) is 5. The van der Waals surface area contributed by atoms with Crippen molar-refractivity contribution in [1.82, 2.24) is 19.7 Å². The number of fused-ring (bicyclic) bond motifs is 1. The molecule has 0 spiro atoms. The van der Waals surface area contributed by atoms with Crippen molar-refractivity contribution in [2.24, 2.45) is 0 Å². The van der Waals surface area contributed by atoms with E-state index in [0.29, 0.717) is 0 Å². The molecule has 1 saturated heterocycles. The third kappa shape index (κ3) is 3.91. The van der Waals surface area contributed by atoms with Gasteiger partial charge in [-0.15, -0.1) is 0 Å². The van der Waals surface area contributed by atoms with Gasteiger partial charge in [0.05, 0.1) is 35.8 Å². The molecule has 182 valence electrons. The minimum Gasteiger partial charge on any atom is -0.507 e. The Bertz CT molecular complexity index is 1500.